The molecule has 4 aromatic heterocycles. The maximum Gasteiger partial charge on any atom is 0.179 e. The van der Waals surface area contributed by atoms with Crippen molar-refractivity contribution in [3.8, 4) is 45.0 Å². The molecule has 0 aliphatic carbocycles. The van der Waals surface area contributed by atoms with Gasteiger partial charge in [-0.05, 0) is 91.8 Å². The van der Waals surface area contributed by atoms with Crippen molar-refractivity contribution in [3.63, 3.8) is 0 Å². The molecular weight excluding hydrogens is 721 g/mol. The zero-order valence-corrected chi connectivity index (χ0v) is 32.5. The third-order valence-corrected chi connectivity index (χ3v) is 15.5. The molecule has 0 N–H and O–H groups in total. The highest BCUT2D eigenvalue weighted by molar-refractivity contribution is 7.19. The second-order valence-electron chi connectivity index (χ2n) is 14.2. The average Bonchev–Trinajstić information content (AvgIpc) is 3.35. The molecule has 0 fully saturated rings. The summed E-state index contributed by atoms with van der Waals surface area (Å²) in [7, 11) is -2.99. The molecule has 0 saturated heterocycles. The number of nitrogens with zero attached hydrogens (tertiary/aromatic N) is 4. The Balaban J connectivity index is 1.33. The maximum absolute atomic E-state index is 9.05. The summed E-state index contributed by atoms with van der Waals surface area (Å²) in [5.41, 5.74) is 5.17. The van der Waals surface area contributed by atoms with Crippen molar-refractivity contribution < 1.29 is 9.60 Å². The minimum atomic E-state index is -2.99. The molecule has 4 heterocycles. The first-order valence-electron chi connectivity index (χ1n) is 22.6. The van der Waals surface area contributed by atoms with Gasteiger partial charge >= 0.3 is 0 Å². The van der Waals surface area contributed by atoms with Crippen LogP contribution in [0.25, 0.3) is 66.8 Å². The molecule has 0 aliphatic heterocycles. The second-order valence-corrected chi connectivity index (χ2v) is 18.0. The molecule has 0 bridgehead atoms. The number of pyridine rings is 4. The van der Waals surface area contributed by atoms with Gasteiger partial charge in [0, 0.05) is 23.1 Å². The number of hydrogen-bond donors (Lipinski definition) is 0. The van der Waals surface area contributed by atoms with Crippen LogP contribution in [0.4, 0.5) is 0 Å². The van der Waals surface area contributed by atoms with Gasteiger partial charge in [0.25, 0.3) is 0 Å². The Labute approximate surface area is 349 Å². The van der Waals surface area contributed by atoms with Crippen molar-refractivity contribution in [1.82, 2.24) is 19.9 Å². The van der Waals surface area contributed by atoms with Crippen molar-refractivity contribution in [1.29, 1.82) is 0 Å². The van der Waals surface area contributed by atoms with Gasteiger partial charge < -0.3 is 0 Å². The third kappa shape index (κ3) is 6.19. The van der Waals surface area contributed by atoms with Gasteiger partial charge in [-0.2, -0.15) is 0 Å². The van der Waals surface area contributed by atoms with E-state index in [1.807, 2.05) is 72.8 Å². The van der Waals surface area contributed by atoms with Gasteiger partial charge in [-0.3, -0.25) is 9.97 Å². The van der Waals surface area contributed by atoms with Crippen LogP contribution in [0, 0.1) is 6.92 Å². The van der Waals surface area contributed by atoms with Crippen LogP contribution in [0.2, 0.25) is 0 Å². The van der Waals surface area contributed by atoms with Gasteiger partial charge in [-0.15, -0.1) is 0 Å². The van der Waals surface area contributed by atoms with E-state index in [1.54, 1.807) is 6.92 Å². The predicted molar refractivity (Wildman–Crippen MR) is 243 cm³/mol. The molecule has 0 amide bonds. The van der Waals surface area contributed by atoms with Crippen molar-refractivity contribution in [3.05, 3.63) is 218 Å². The summed E-state index contributed by atoms with van der Waals surface area (Å²) >= 11 is 0. The lowest BCUT2D eigenvalue weighted by Gasteiger charge is -2.34. The highest BCUT2D eigenvalue weighted by atomic mass is 28.3. The van der Waals surface area contributed by atoms with Crippen LogP contribution >= 0.6 is 0 Å². The SMILES string of the molecule is [2H]c1nc(-c2cc(-c3cccc([Si](c4ccccc4)(c4ccccc4)c4ccccc4)c3)c3ccc4c(-c5ccccc5)cc(-c5nc([2H])c([2H])c(C)c5[2H])nc4c3n2)c([2H])c([2H])c1[2H]. The minimum Gasteiger partial charge on any atom is -0.255 e. The third-order valence-electron chi connectivity index (χ3n) is 10.7. The molecule has 10 rings (SSSR count). The molecular formula is C53H38N4Si. The molecule has 0 saturated carbocycles. The summed E-state index contributed by atoms with van der Waals surface area (Å²) in [6.07, 6.45) is -0.698. The van der Waals surface area contributed by atoms with E-state index in [0.29, 0.717) is 22.3 Å². The lowest BCUT2D eigenvalue weighted by atomic mass is 9.94. The van der Waals surface area contributed by atoms with E-state index in [-0.39, 0.29) is 41.4 Å². The minimum absolute atomic E-state index is 0.00405. The average molecular weight is 766 g/mol. The number of aromatic nitrogens is 4. The van der Waals surface area contributed by atoms with E-state index >= 15 is 0 Å². The van der Waals surface area contributed by atoms with Crippen molar-refractivity contribution >= 4 is 50.6 Å². The normalized spacial score (nSPS) is 13.2. The fraction of sp³-hybridized carbons (Fsp3) is 0.0189. The summed E-state index contributed by atoms with van der Waals surface area (Å²) in [6, 6.07) is 56.7. The first-order valence-corrected chi connectivity index (χ1v) is 21.1. The molecule has 10 aromatic rings. The molecule has 274 valence electrons. The van der Waals surface area contributed by atoms with Crippen LogP contribution in [0.1, 0.15) is 15.2 Å². The Hall–Kier alpha value is -7.34. The summed E-state index contributed by atoms with van der Waals surface area (Å²) in [5, 5.41) is 6.24. The summed E-state index contributed by atoms with van der Waals surface area (Å²) in [6.45, 7) is 1.64. The van der Waals surface area contributed by atoms with E-state index in [9.17, 15) is 0 Å². The molecule has 5 heteroatoms. The first-order chi connectivity index (χ1) is 31.6. The largest absolute Gasteiger partial charge is 0.255 e. The molecule has 0 atom stereocenters. The molecule has 4 nitrogen and oxygen atoms in total. The topological polar surface area (TPSA) is 51.6 Å². The molecule has 0 radical (unpaired) electrons. The highest BCUT2D eigenvalue weighted by Gasteiger charge is 2.41. The Bertz CT molecular complexity index is 3370. The molecule has 0 unspecified atom stereocenters. The number of rotatable bonds is 8. The van der Waals surface area contributed by atoms with Crippen LogP contribution in [0.3, 0.4) is 0 Å². The van der Waals surface area contributed by atoms with Gasteiger partial charge in [-0.1, -0.05) is 164 Å². The van der Waals surface area contributed by atoms with Crippen LogP contribution in [0.15, 0.2) is 212 Å². The highest BCUT2D eigenvalue weighted by Crippen LogP contribution is 2.39. The van der Waals surface area contributed by atoms with Gasteiger partial charge in [-0.25, -0.2) is 9.97 Å². The number of benzene rings is 6. The van der Waals surface area contributed by atoms with Crippen LogP contribution in [0.5, 0.6) is 0 Å². The van der Waals surface area contributed by atoms with Crippen molar-refractivity contribution in [2.45, 2.75) is 6.92 Å². The van der Waals surface area contributed by atoms with Gasteiger partial charge in [0.15, 0.2) is 8.07 Å². The van der Waals surface area contributed by atoms with Gasteiger partial charge in [0.2, 0.25) is 0 Å². The Morgan fingerprint density at radius 1 is 0.431 bits per heavy atom. The molecule has 6 aromatic carbocycles. The van der Waals surface area contributed by atoms with Crippen LogP contribution < -0.4 is 20.7 Å². The van der Waals surface area contributed by atoms with Crippen molar-refractivity contribution in [2.24, 2.45) is 0 Å². The number of hydrogen-bond acceptors (Lipinski definition) is 4. The lowest BCUT2D eigenvalue weighted by Crippen LogP contribution is -2.74. The van der Waals surface area contributed by atoms with E-state index in [2.05, 4.69) is 107 Å². The molecule has 58 heavy (non-hydrogen) atoms. The fourth-order valence-electron chi connectivity index (χ4n) is 8.17. The van der Waals surface area contributed by atoms with E-state index in [4.69, 9.17) is 19.6 Å². The smallest absolute Gasteiger partial charge is 0.179 e. The zero-order valence-electron chi connectivity index (χ0n) is 38.5. The number of fused-ring (bicyclic) bond motifs is 3. The predicted octanol–water partition coefficient (Wildman–Crippen LogP) is 9.93. The summed E-state index contributed by atoms with van der Waals surface area (Å²) in [5.74, 6) is 0. The van der Waals surface area contributed by atoms with E-state index in [0.717, 1.165) is 38.2 Å². The zero-order chi connectivity index (χ0) is 45.0. The van der Waals surface area contributed by atoms with Gasteiger partial charge in [0.1, 0.15) is 0 Å². The maximum atomic E-state index is 9.05. The van der Waals surface area contributed by atoms with E-state index in [1.165, 1.54) is 15.6 Å². The van der Waals surface area contributed by atoms with Crippen LogP contribution in [-0.2, 0) is 0 Å². The molecule has 0 spiro atoms. The summed E-state index contributed by atoms with van der Waals surface area (Å²) < 4.78 is 60.4. The summed E-state index contributed by atoms with van der Waals surface area (Å²) in [4.78, 5) is 19.2. The van der Waals surface area contributed by atoms with Crippen LogP contribution in [-0.4, -0.2) is 28.0 Å². The van der Waals surface area contributed by atoms with Gasteiger partial charge in [0.05, 0.1) is 43.4 Å². The monoisotopic (exact) mass is 765 g/mol. The standard InChI is InChI=1S/C53H38N4Si/c1-37-30-32-55-49(33-37)51-35-46(38-17-6-2-7-18-38)44-28-29-45-47(36-50(48-27-14-15-31-54-48)56-53(45)52(44)57-51)39-19-16-26-43(34-39)58(40-20-8-3-9-21-40,41-22-10-4-11-23-41)42-24-12-5-13-25-42/h2-36H,1H3/i14D,15D,27D,30D,31D,32D,33D. The Kier molecular flexibility index (Phi) is 7.25. The fourth-order valence-corrected chi connectivity index (χ4v) is 13.0. The first kappa shape index (κ1) is 28.1. The Morgan fingerprint density at radius 2 is 0.931 bits per heavy atom. The lowest BCUT2D eigenvalue weighted by molar-refractivity contribution is 1.25. The van der Waals surface area contributed by atoms with E-state index < -0.39 is 26.3 Å². The van der Waals surface area contributed by atoms with Crippen molar-refractivity contribution in [2.75, 3.05) is 0 Å². The second kappa shape index (κ2) is 15.0. The Morgan fingerprint density at radius 3 is 1.53 bits per heavy atom. The quantitative estimate of drug-likeness (QED) is 0.0879. The molecule has 0 aliphatic rings.